The Morgan fingerprint density at radius 2 is 2.05 bits per heavy atom. The van der Waals surface area contributed by atoms with Crippen LogP contribution in [-0.4, -0.2) is 30.4 Å². The first-order valence-corrected chi connectivity index (χ1v) is 6.20. The first-order chi connectivity index (χ1) is 9.01. The fraction of sp³-hybridized carbons (Fsp3) is 0.500. The molecule has 102 valence electrons. The van der Waals surface area contributed by atoms with Crippen LogP contribution >= 0.6 is 0 Å². The van der Waals surface area contributed by atoms with E-state index in [0.717, 1.165) is 11.0 Å². The number of fused-ring (bicyclic) bond motifs is 1. The largest absolute Gasteiger partial charge is 0.475 e. The van der Waals surface area contributed by atoms with Crippen molar-refractivity contribution in [1.82, 2.24) is 19.3 Å². The summed E-state index contributed by atoms with van der Waals surface area (Å²) in [5.41, 5.74) is 1.08. The van der Waals surface area contributed by atoms with E-state index in [9.17, 15) is 9.59 Å². The van der Waals surface area contributed by atoms with Gasteiger partial charge < -0.3 is 5.11 Å². The van der Waals surface area contributed by atoms with Crippen molar-refractivity contribution >= 4 is 17.0 Å². The van der Waals surface area contributed by atoms with Gasteiger partial charge in [-0.25, -0.2) is 9.78 Å². The summed E-state index contributed by atoms with van der Waals surface area (Å²) >= 11 is 0. The quantitative estimate of drug-likeness (QED) is 0.882. The number of aromatic nitrogens is 4. The van der Waals surface area contributed by atoms with Gasteiger partial charge in [-0.15, -0.1) is 0 Å². The van der Waals surface area contributed by atoms with Gasteiger partial charge in [-0.1, -0.05) is 13.3 Å². The molecule has 0 bridgehead atoms. The molecule has 2 rings (SSSR count). The van der Waals surface area contributed by atoms with E-state index in [2.05, 4.69) is 10.1 Å². The highest BCUT2D eigenvalue weighted by atomic mass is 16.4. The van der Waals surface area contributed by atoms with Crippen molar-refractivity contribution in [2.45, 2.75) is 33.2 Å². The molecular weight excluding hydrogens is 248 g/mol. The smallest absolute Gasteiger partial charge is 0.372 e. The number of aromatic carboxylic acids is 1. The number of hydrogen-bond acceptors (Lipinski definition) is 4. The molecule has 1 N–H and O–H groups in total. The molecule has 0 saturated carbocycles. The predicted octanol–water partition coefficient (Wildman–Crippen LogP) is 0.801. The molecule has 0 saturated heterocycles. The zero-order valence-corrected chi connectivity index (χ0v) is 11.2. The standard InChI is InChI=1S/C12H16N4O3/c1-4-6-7-8-9(16(5-2)14-7)11(17)15(3)10(13-8)12(18)19/h4-6H2,1-3H3,(H,18,19). The van der Waals surface area contributed by atoms with Crippen LogP contribution in [0.3, 0.4) is 0 Å². The van der Waals surface area contributed by atoms with E-state index in [1.165, 1.54) is 7.05 Å². The molecule has 0 aromatic carbocycles. The molecule has 0 aliphatic carbocycles. The predicted molar refractivity (Wildman–Crippen MR) is 69.4 cm³/mol. The molecular formula is C12H16N4O3. The lowest BCUT2D eigenvalue weighted by atomic mass is 10.2. The monoisotopic (exact) mass is 264 g/mol. The minimum atomic E-state index is -1.21. The number of hydrogen-bond donors (Lipinski definition) is 1. The minimum absolute atomic E-state index is 0.259. The van der Waals surface area contributed by atoms with E-state index < -0.39 is 5.97 Å². The normalized spacial score (nSPS) is 11.1. The van der Waals surface area contributed by atoms with Gasteiger partial charge in [0.25, 0.3) is 5.56 Å². The fourth-order valence-electron chi connectivity index (χ4n) is 2.09. The SMILES string of the molecule is CCCc1nn(CC)c2c(=O)n(C)c(C(=O)O)nc12. The van der Waals surface area contributed by atoms with Gasteiger partial charge in [0.15, 0.2) is 5.52 Å². The first-order valence-electron chi connectivity index (χ1n) is 6.20. The summed E-state index contributed by atoms with van der Waals surface area (Å²) in [5, 5.41) is 13.4. The Bertz CT molecular complexity index is 699. The van der Waals surface area contributed by atoms with Crippen molar-refractivity contribution in [3.63, 3.8) is 0 Å². The molecule has 2 aromatic heterocycles. The summed E-state index contributed by atoms with van der Waals surface area (Å²) in [5.74, 6) is -1.47. The highest BCUT2D eigenvalue weighted by Gasteiger charge is 2.20. The van der Waals surface area contributed by atoms with Crippen molar-refractivity contribution in [2.75, 3.05) is 0 Å². The second-order valence-corrected chi connectivity index (χ2v) is 4.31. The molecule has 0 atom stereocenters. The number of rotatable bonds is 4. The van der Waals surface area contributed by atoms with Gasteiger partial charge in [0.05, 0.1) is 5.69 Å². The van der Waals surface area contributed by atoms with Crippen LogP contribution in [0.1, 0.15) is 36.6 Å². The highest BCUT2D eigenvalue weighted by molar-refractivity contribution is 5.87. The first kappa shape index (κ1) is 13.3. The van der Waals surface area contributed by atoms with Crippen LogP contribution in [0.15, 0.2) is 4.79 Å². The van der Waals surface area contributed by atoms with Crippen molar-refractivity contribution in [3.8, 4) is 0 Å². The van der Waals surface area contributed by atoms with E-state index in [-0.39, 0.29) is 11.4 Å². The molecule has 0 amide bonds. The molecule has 0 unspecified atom stereocenters. The summed E-state index contributed by atoms with van der Waals surface area (Å²) < 4.78 is 2.63. The molecule has 2 aromatic rings. The van der Waals surface area contributed by atoms with Gasteiger partial charge in [0.2, 0.25) is 5.82 Å². The van der Waals surface area contributed by atoms with E-state index in [0.29, 0.717) is 29.7 Å². The van der Waals surface area contributed by atoms with Gasteiger partial charge in [0, 0.05) is 13.6 Å². The third-order valence-electron chi connectivity index (χ3n) is 3.02. The maximum absolute atomic E-state index is 12.2. The number of carboxylic acids is 1. The third-order valence-corrected chi connectivity index (χ3v) is 3.02. The van der Waals surface area contributed by atoms with Gasteiger partial charge in [-0.2, -0.15) is 5.10 Å². The Labute approximate surface area is 109 Å². The van der Waals surface area contributed by atoms with Crippen molar-refractivity contribution in [2.24, 2.45) is 7.05 Å². The Balaban J connectivity index is 2.89. The summed E-state index contributed by atoms with van der Waals surface area (Å²) in [6.07, 6.45) is 1.53. The maximum Gasteiger partial charge on any atom is 0.372 e. The Kier molecular flexibility index (Phi) is 3.37. The summed E-state index contributed by atoms with van der Waals surface area (Å²) in [6, 6.07) is 0. The van der Waals surface area contributed by atoms with Gasteiger partial charge >= 0.3 is 5.97 Å². The number of aryl methyl sites for hydroxylation is 2. The maximum atomic E-state index is 12.2. The zero-order chi connectivity index (χ0) is 14.2. The van der Waals surface area contributed by atoms with Crippen molar-refractivity contribution in [3.05, 3.63) is 21.9 Å². The number of carboxylic acid groups (broad SMARTS) is 1. The van der Waals surface area contributed by atoms with Crippen LogP contribution in [-0.2, 0) is 20.0 Å². The van der Waals surface area contributed by atoms with Crippen molar-refractivity contribution < 1.29 is 9.90 Å². The zero-order valence-electron chi connectivity index (χ0n) is 11.2. The average molecular weight is 264 g/mol. The Hall–Kier alpha value is -2.18. The second-order valence-electron chi connectivity index (χ2n) is 4.31. The van der Waals surface area contributed by atoms with E-state index >= 15 is 0 Å². The third kappa shape index (κ3) is 2.00. The van der Waals surface area contributed by atoms with Crippen molar-refractivity contribution in [1.29, 1.82) is 0 Å². The van der Waals surface area contributed by atoms with Crippen LogP contribution in [0.25, 0.3) is 11.0 Å². The van der Waals surface area contributed by atoms with E-state index in [1.54, 1.807) is 4.68 Å². The van der Waals surface area contributed by atoms with Gasteiger partial charge in [-0.3, -0.25) is 14.0 Å². The minimum Gasteiger partial charge on any atom is -0.475 e. The van der Waals surface area contributed by atoms with Crippen LogP contribution in [0.2, 0.25) is 0 Å². The molecule has 0 aliphatic rings. The summed E-state index contributed by atoms with van der Waals surface area (Å²) in [7, 11) is 1.41. The molecule has 0 aliphatic heterocycles. The lowest BCUT2D eigenvalue weighted by Gasteiger charge is -2.04. The van der Waals surface area contributed by atoms with Gasteiger partial charge in [0.1, 0.15) is 5.52 Å². The topological polar surface area (TPSA) is 90.0 Å². The molecule has 0 spiro atoms. The van der Waals surface area contributed by atoms with Crippen LogP contribution < -0.4 is 5.56 Å². The molecule has 0 fully saturated rings. The summed E-state index contributed by atoms with van der Waals surface area (Å²) in [6.45, 7) is 4.42. The molecule has 7 heteroatoms. The Morgan fingerprint density at radius 1 is 1.37 bits per heavy atom. The van der Waals surface area contributed by atoms with E-state index in [1.807, 2.05) is 13.8 Å². The Morgan fingerprint density at radius 3 is 2.58 bits per heavy atom. The molecule has 0 radical (unpaired) electrons. The lowest BCUT2D eigenvalue weighted by Crippen LogP contribution is -2.26. The molecule has 7 nitrogen and oxygen atoms in total. The van der Waals surface area contributed by atoms with Crippen LogP contribution in [0.5, 0.6) is 0 Å². The molecule has 2 heterocycles. The fourth-order valence-corrected chi connectivity index (χ4v) is 2.09. The van der Waals surface area contributed by atoms with E-state index in [4.69, 9.17) is 5.11 Å². The molecule has 19 heavy (non-hydrogen) atoms. The summed E-state index contributed by atoms with van der Waals surface area (Å²) in [4.78, 5) is 27.5. The second kappa shape index (κ2) is 4.83. The van der Waals surface area contributed by atoms with Crippen LogP contribution in [0.4, 0.5) is 0 Å². The highest BCUT2D eigenvalue weighted by Crippen LogP contribution is 2.15. The van der Waals surface area contributed by atoms with Gasteiger partial charge in [-0.05, 0) is 13.3 Å². The number of nitrogens with zero attached hydrogens (tertiary/aromatic N) is 4. The average Bonchev–Trinajstić information content (AvgIpc) is 2.72. The van der Waals surface area contributed by atoms with Crippen LogP contribution in [0, 0.1) is 0 Å². The number of carbonyl (C=O) groups is 1. The lowest BCUT2D eigenvalue weighted by molar-refractivity contribution is 0.0678.